The number of carbonyl (C=O) groups is 1. The fraction of sp³-hybridized carbons (Fsp3) is 0.455. The van der Waals surface area contributed by atoms with Crippen molar-refractivity contribution in [2.24, 2.45) is 5.41 Å². The highest BCUT2D eigenvalue weighted by Gasteiger charge is 2.41. The number of carbonyl (C=O) groups excluding carboxylic acids is 1. The first kappa shape index (κ1) is 8.42. The highest BCUT2D eigenvalue weighted by atomic mass is 16.1. The Morgan fingerprint density at radius 1 is 1.46 bits per heavy atom. The van der Waals surface area contributed by atoms with Gasteiger partial charge in [0.1, 0.15) is 6.29 Å². The summed E-state index contributed by atoms with van der Waals surface area (Å²) in [5, 5.41) is 0. The monoisotopic (exact) mass is 175 g/mol. The molecule has 1 fully saturated rings. The van der Waals surface area contributed by atoms with Gasteiger partial charge in [-0.1, -0.05) is 6.07 Å². The van der Waals surface area contributed by atoms with Crippen LogP contribution in [0.2, 0.25) is 0 Å². The maximum absolute atomic E-state index is 10.7. The first-order valence-corrected chi connectivity index (χ1v) is 4.71. The van der Waals surface area contributed by atoms with Crippen LogP contribution in [0.3, 0.4) is 0 Å². The lowest BCUT2D eigenvalue weighted by Crippen LogP contribution is -2.04. The average molecular weight is 175 g/mol. The van der Waals surface area contributed by atoms with Gasteiger partial charge in [0.25, 0.3) is 0 Å². The Hall–Kier alpha value is -1.18. The molecular weight excluding hydrogens is 162 g/mol. The van der Waals surface area contributed by atoms with Crippen LogP contribution in [0.4, 0.5) is 0 Å². The van der Waals surface area contributed by atoms with E-state index in [4.69, 9.17) is 0 Å². The Morgan fingerprint density at radius 2 is 2.31 bits per heavy atom. The van der Waals surface area contributed by atoms with Crippen LogP contribution in [0.5, 0.6) is 0 Å². The van der Waals surface area contributed by atoms with Gasteiger partial charge in [0.05, 0.1) is 0 Å². The van der Waals surface area contributed by atoms with Crippen molar-refractivity contribution in [1.82, 2.24) is 4.98 Å². The van der Waals surface area contributed by atoms with E-state index in [-0.39, 0.29) is 5.41 Å². The summed E-state index contributed by atoms with van der Waals surface area (Å²) in [4.78, 5) is 14.9. The van der Waals surface area contributed by atoms with Crippen molar-refractivity contribution >= 4 is 6.29 Å². The summed E-state index contributed by atoms with van der Waals surface area (Å²) in [5.41, 5.74) is 1.12. The van der Waals surface area contributed by atoms with E-state index in [1.165, 1.54) is 0 Å². The van der Waals surface area contributed by atoms with Crippen molar-refractivity contribution in [3.63, 3.8) is 0 Å². The first-order valence-electron chi connectivity index (χ1n) is 4.71. The predicted octanol–water partition coefficient (Wildman–Crippen LogP) is 1.99. The standard InChI is InChI=1S/C11H13NO/c13-9-11(6-7-11)5-4-10-3-1-2-8-12-10/h1-3,8-9H,4-7H2. The molecule has 1 aromatic heterocycles. The highest BCUT2D eigenvalue weighted by molar-refractivity contribution is 5.63. The summed E-state index contributed by atoms with van der Waals surface area (Å²) < 4.78 is 0. The maximum Gasteiger partial charge on any atom is 0.126 e. The molecule has 0 spiro atoms. The lowest BCUT2D eigenvalue weighted by atomic mass is 10.0. The van der Waals surface area contributed by atoms with Gasteiger partial charge in [-0.2, -0.15) is 0 Å². The molecule has 0 amide bonds. The number of pyridine rings is 1. The van der Waals surface area contributed by atoms with Gasteiger partial charge in [-0.15, -0.1) is 0 Å². The second-order valence-electron chi connectivity index (χ2n) is 3.80. The topological polar surface area (TPSA) is 30.0 Å². The van der Waals surface area contributed by atoms with Crippen LogP contribution >= 0.6 is 0 Å². The zero-order valence-corrected chi connectivity index (χ0v) is 7.57. The number of rotatable bonds is 4. The molecule has 0 unspecified atom stereocenters. The number of aryl methyl sites for hydroxylation is 1. The van der Waals surface area contributed by atoms with Gasteiger partial charge in [0.2, 0.25) is 0 Å². The molecule has 1 aliphatic carbocycles. The number of aromatic nitrogens is 1. The van der Waals surface area contributed by atoms with Crippen LogP contribution in [-0.2, 0) is 11.2 Å². The van der Waals surface area contributed by atoms with Crippen LogP contribution < -0.4 is 0 Å². The third-order valence-corrected chi connectivity index (χ3v) is 2.75. The Labute approximate surface area is 78.0 Å². The third-order valence-electron chi connectivity index (χ3n) is 2.75. The summed E-state index contributed by atoms with van der Waals surface area (Å²) in [6, 6.07) is 5.92. The van der Waals surface area contributed by atoms with Crippen LogP contribution in [0.25, 0.3) is 0 Å². The molecule has 0 bridgehead atoms. The molecule has 68 valence electrons. The molecule has 1 saturated carbocycles. The third kappa shape index (κ3) is 1.94. The average Bonchev–Trinajstić information content (AvgIpc) is 2.97. The van der Waals surface area contributed by atoms with Gasteiger partial charge in [0.15, 0.2) is 0 Å². The molecule has 0 aromatic carbocycles. The second-order valence-corrected chi connectivity index (χ2v) is 3.80. The summed E-state index contributed by atoms with van der Waals surface area (Å²) in [7, 11) is 0. The minimum absolute atomic E-state index is 0.0253. The smallest absolute Gasteiger partial charge is 0.126 e. The lowest BCUT2D eigenvalue weighted by molar-refractivity contribution is -0.112. The van der Waals surface area contributed by atoms with Gasteiger partial charge >= 0.3 is 0 Å². The van der Waals surface area contributed by atoms with Crippen LogP contribution in [-0.4, -0.2) is 11.3 Å². The van der Waals surface area contributed by atoms with E-state index in [0.29, 0.717) is 0 Å². The van der Waals surface area contributed by atoms with E-state index in [2.05, 4.69) is 4.98 Å². The lowest BCUT2D eigenvalue weighted by Gasteiger charge is -2.04. The maximum atomic E-state index is 10.7. The SMILES string of the molecule is O=CC1(CCc2ccccn2)CC1. The van der Waals surface area contributed by atoms with Crippen LogP contribution in [0.15, 0.2) is 24.4 Å². The van der Waals surface area contributed by atoms with Crippen molar-refractivity contribution < 1.29 is 4.79 Å². The summed E-state index contributed by atoms with van der Waals surface area (Å²) in [5.74, 6) is 0. The zero-order chi connectivity index (χ0) is 9.15. The van der Waals surface area contributed by atoms with Crippen molar-refractivity contribution in [2.75, 3.05) is 0 Å². The first-order chi connectivity index (χ1) is 6.35. The summed E-state index contributed by atoms with van der Waals surface area (Å²) >= 11 is 0. The van der Waals surface area contributed by atoms with Crippen molar-refractivity contribution in [1.29, 1.82) is 0 Å². The molecule has 13 heavy (non-hydrogen) atoms. The van der Waals surface area contributed by atoms with Crippen LogP contribution in [0.1, 0.15) is 25.0 Å². The van der Waals surface area contributed by atoms with E-state index < -0.39 is 0 Å². The van der Waals surface area contributed by atoms with Crippen LogP contribution in [0, 0.1) is 5.41 Å². The van der Waals surface area contributed by atoms with Gasteiger partial charge in [-0.3, -0.25) is 4.98 Å². The minimum atomic E-state index is 0.0253. The molecule has 1 aromatic rings. The second kappa shape index (κ2) is 3.29. The molecule has 1 aliphatic rings. The Bertz CT molecular complexity index is 290. The molecule has 1 heterocycles. The number of hydrogen-bond donors (Lipinski definition) is 0. The van der Waals surface area contributed by atoms with E-state index in [0.717, 1.165) is 37.7 Å². The number of nitrogens with zero attached hydrogens (tertiary/aromatic N) is 1. The van der Waals surface area contributed by atoms with Crippen molar-refractivity contribution in [3.05, 3.63) is 30.1 Å². The van der Waals surface area contributed by atoms with Gasteiger partial charge in [0, 0.05) is 17.3 Å². The normalized spacial score (nSPS) is 18.2. The molecule has 0 saturated heterocycles. The largest absolute Gasteiger partial charge is 0.303 e. The fourth-order valence-electron chi connectivity index (χ4n) is 1.51. The van der Waals surface area contributed by atoms with Gasteiger partial charge < -0.3 is 4.79 Å². The van der Waals surface area contributed by atoms with Crippen molar-refractivity contribution in [2.45, 2.75) is 25.7 Å². The number of aldehydes is 1. The molecular formula is C11H13NO. The van der Waals surface area contributed by atoms with Gasteiger partial charge in [-0.25, -0.2) is 0 Å². The summed E-state index contributed by atoms with van der Waals surface area (Å²) in [6.07, 6.45) is 6.96. The van der Waals surface area contributed by atoms with E-state index in [1.807, 2.05) is 18.2 Å². The molecule has 0 N–H and O–H groups in total. The van der Waals surface area contributed by atoms with Gasteiger partial charge in [-0.05, 0) is 37.8 Å². The van der Waals surface area contributed by atoms with E-state index in [1.54, 1.807) is 6.20 Å². The van der Waals surface area contributed by atoms with Crippen molar-refractivity contribution in [3.8, 4) is 0 Å². The molecule has 0 radical (unpaired) electrons. The summed E-state index contributed by atoms with van der Waals surface area (Å²) in [6.45, 7) is 0. The molecule has 0 aliphatic heterocycles. The zero-order valence-electron chi connectivity index (χ0n) is 7.57. The molecule has 0 atom stereocenters. The minimum Gasteiger partial charge on any atom is -0.303 e. The molecule has 2 heteroatoms. The highest BCUT2D eigenvalue weighted by Crippen LogP contribution is 2.47. The van der Waals surface area contributed by atoms with E-state index in [9.17, 15) is 4.79 Å². The Morgan fingerprint density at radius 3 is 2.85 bits per heavy atom. The predicted molar refractivity (Wildman–Crippen MR) is 50.3 cm³/mol. The Balaban J connectivity index is 1.90. The van der Waals surface area contributed by atoms with E-state index >= 15 is 0 Å². The molecule has 2 rings (SSSR count). The quantitative estimate of drug-likeness (QED) is 0.655. The Kier molecular flexibility index (Phi) is 2.13. The molecule has 2 nitrogen and oxygen atoms in total. The number of hydrogen-bond acceptors (Lipinski definition) is 2. The fourth-order valence-corrected chi connectivity index (χ4v) is 1.51.